The van der Waals surface area contributed by atoms with Crippen molar-refractivity contribution in [3.63, 3.8) is 0 Å². The first kappa shape index (κ1) is 17.7. The van der Waals surface area contributed by atoms with E-state index in [0.717, 1.165) is 0 Å². The van der Waals surface area contributed by atoms with Gasteiger partial charge in [0.25, 0.3) is 5.95 Å². The Bertz CT molecular complexity index is 987. The minimum atomic E-state index is 0.0372. The summed E-state index contributed by atoms with van der Waals surface area (Å²) in [7, 11) is 0. The van der Waals surface area contributed by atoms with Gasteiger partial charge < -0.3 is 10.2 Å². The van der Waals surface area contributed by atoms with Crippen molar-refractivity contribution in [2.75, 3.05) is 5.43 Å². The normalized spacial score (nSPS) is 11.5. The van der Waals surface area contributed by atoms with E-state index in [-0.39, 0.29) is 17.4 Å². The number of phenols is 2. The number of aromatic hydroxyl groups is 2. The molecule has 0 aliphatic heterocycles. The van der Waals surface area contributed by atoms with Gasteiger partial charge in [0.15, 0.2) is 0 Å². The Balaban J connectivity index is 1.74. The van der Waals surface area contributed by atoms with Crippen LogP contribution in [0.1, 0.15) is 11.1 Å². The van der Waals surface area contributed by atoms with Crippen LogP contribution >= 0.6 is 23.2 Å². The van der Waals surface area contributed by atoms with E-state index in [9.17, 15) is 10.2 Å². The van der Waals surface area contributed by atoms with Gasteiger partial charge in [-0.05, 0) is 36.4 Å². The van der Waals surface area contributed by atoms with Crippen molar-refractivity contribution in [1.29, 1.82) is 0 Å². The fourth-order valence-electron chi connectivity index (χ4n) is 1.93. The standard InChI is InChI=1S/C16H12Cl2N6O2/c17-12-1-3-14(25)10(5-12)7-19-22-16-23-20-9-24(16)21-8-11-6-13(18)2-4-15(11)26/h1-9,25-26H,(H,22,23)/b19-7+,21-8-. The lowest BCUT2D eigenvalue weighted by Gasteiger charge is -2.02. The number of nitrogens with one attached hydrogen (secondary N) is 1. The van der Waals surface area contributed by atoms with Gasteiger partial charge in [0, 0.05) is 21.2 Å². The topological polar surface area (TPSA) is 108 Å². The van der Waals surface area contributed by atoms with Crippen molar-refractivity contribution in [2.24, 2.45) is 10.2 Å². The molecule has 0 atom stereocenters. The summed E-state index contributed by atoms with van der Waals surface area (Å²) in [5.41, 5.74) is 3.52. The zero-order valence-electron chi connectivity index (χ0n) is 13.1. The van der Waals surface area contributed by atoms with E-state index in [0.29, 0.717) is 21.2 Å². The Morgan fingerprint density at radius 2 is 1.58 bits per heavy atom. The Kier molecular flexibility index (Phi) is 5.35. The molecular weight excluding hydrogens is 379 g/mol. The summed E-state index contributed by atoms with van der Waals surface area (Å²) >= 11 is 11.8. The molecule has 132 valence electrons. The molecule has 0 bridgehead atoms. The summed E-state index contributed by atoms with van der Waals surface area (Å²) in [6.07, 6.45) is 4.14. The summed E-state index contributed by atoms with van der Waals surface area (Å²) in [5.74, 6) is 0.298. The molecule has 0 aliphatic rings. The fraction of sp³-hybridized carbons (Fsp3) is 0. The first-order chi connectivity index (χ1) is 12.5. The number of benzene rings is 2. The molecule has 2 aromatic carbocycles. The van der Waals surface area contributed by atoms with Gasteiger partial charge in [-0.15, -0.1) is 10.2 Å². The Morgan fingerprint density at radius 3 is 2.23 bits per heavy atom. The second-order valence-electron chi connectivity index (χ2n) is 5.02. The van der Waals surface area contributed by atoms with Crippen LogP contribution in [-0.2, 0) is 0 Å². The maximum absolute atomic E-state index is 9.78. The third-order valence-corrected chi connectivity index (χ3v) is 3.67. The van der Waals surface area contributed by atoms with Crippen LogP contribution in [-0.4, -0.2) is 37.5 Å². The number of nitrogens with zero attached hydrogens (tertiary/aromatic N) is 5. The van der Waals surface area contributed by atoms with Crippen molar-refractivity contribution >= 4 is 41.6 Å². The second kappa shape index (κ2) is 7.85. The average molecular weight is 391 g/mol. The highest BCUT2D eigenvalue weighted by Gasteiger charge is 2.03. The zero-order valence-corrected chi connectivity index (χ0v) is 14.6. The number of rotatable bonds is 5. The van der Waals surface area contributed by atoms with Gasteiger partial charge >= 0.3 is 0 Å². The van der Waals surface area contributed by atoms with Gasteiger partial charge in [-0.25, -0.2) is 5.43 Å². The van der Waals surface area contributed by atoms with Crippen LogP contribution in [0.4, 0.5) is 5.95 Å². The number of hydrogen-bond acceptors (Lipinski definition) is 7. The summed E-state index contributed by atoms with van der Waals surface area (Å²) in [6.45, 7) is 0. The van der Waals surface area contributed by atoms with Crippen LogP contribution in [0.3, 0.4) is 0 Å². The summed E-state index contributed by atoms with van der Waals surface area (Å²) in [4.78, 5) is 0. The lowest BCUT2D eigenvalue weighted by Crippen LogP contribution is -1.99. The molecule has 0 fully saturated rings. The number of aromatic nitrogens is 3. The van der Waals surface area contributed by atoms with Crippen LogP contribution in [0.2, 0.25) is 10.0 Å². The van der Waals surface area contributed by atoms with Gasteiger partial charge in [0.1, 0.15) is 17.8 Å². The predicted octanol–water partition coefficient (Wildman–Crippen LogP) is 3.32. The molecule has 0 saturated carbocycles. The van der Waals surface area contributed by atoms with Gasteiger partial charge in [-0.2, -0.15) is 14.9 Å². The van der Waals surface area contributed by atoms with Crippen LogP contribution in [0.5, 0.6) is 11.5 Å². The van der Waals surface area contributed by atoms with E-state index in [1.54, 1.807) is 24.3 Å². The molecule has 1 aromatic heterocycles. The first-order valence-corrected chi connectivity index (χ1v) is 7.99. The first-order valence-electron chi connectivity index (χ1n) is 7.23. The number of halogens is 2. The molecule has 0 spiro atoms. The highest BCUT2D eigenvalue weighted by molar-refractivity contribution is 6.31. The Labute approximate surface area is 158 Å². The maximum Gasteiger partial charge on any atom is 0.265 e. The minimum Gasteiger partial charge on any atom is -0.507 e. The molecule has 3 N–H and O–H groups in total. The largest absolute Gasteiger partial charge is 0.507 e. The quantitative estimate of drug-likeness (QED) is 0.457. The lowest BCUT2D eigenvalue weighted by atomic mass is 10.2. The van der Waals surface area contributed by atoms with Crippen molar-refractivity contribution in [3.8, 4) is 11.5 Å². The van der Waals surface area contributed by atoms with Crippen molar-refractivity contribution < 1.29 is 10.2 Å². The third kappa shape index (κ3) is 4.29. The van der Waals surface area contributed by atoms with Gasteiger partial charge in [-0.1, -0.05) is 23.2 Å². The van der Waals surface area contributed by atoms with E-state index < -0.39 is 0 Å². The van der Waals surface area contributed by atoms with Crippen LogP contribution < -0.4 is 5.43 Å². The molecule has 1 heterocycles. The highest BCUT2D eigenvalue weighted by atomic mass is 35.5. The Hall–Kier alpha value is -3.10. The molecule has 3 aromatic rings. The third-order valence-electron chi connectivity index (χ3n) is 3.20. The van der Waals surface area contributed by atoms with E-state index in [4.69, 9.17) is 23.2 Å². The molecule has 0 aliphatic carbocycles. The van der Waals surface area contributed by atoms with E-state index in [2.05, 4.69) is 25.8 Å². The predicted molar refractivity (Wildman–Crippen MR) is 100 cm³/mol. The van der Waals surface area contributed by atoms with Crippen molar-refractivity contribution in [3.05, 3.63) is 63.9 Å². The number of anilines is 1. The minimum absolute atomic E-state index is 0.0372. The molecule has 0 amide bonds. The van der Waals surface area contributed by atoms with Crippen LogP contribution in [0, 0.1) is 0 Å². The van der Waals surface area contributed by atoms with E-state index in [1.807, 2.05) is 0 Å². The van der Waals surface area contributed by atoms with Crippen molar-refractivity contribution in [2.45, 2.75) is 0 Å². The monoisotopic (exact) mass is 390 g/mol. The molecule has 26 heavy (non-hydrogen) atoms. The molecule has 3 rings (SSSR count). The maximum atomic E-state index is 9.78. The summed E-state index contributed by atoms with van der Waals surface area (Å²) < 4.78 is 1.31. The zero-order chi connectivity index (χ0) is 18.5. The number of hydrogen-bond donors (Lipinski definition) is 3. The smallest absolute Gasteiger partial charge is 0.265 e. The van der Waals surface area contributed by atoms with Gasteiger partial charge in [0.2, 0.25) is 0 Å². The molecular formula is C16H12Cl2N6O2. The summed E-state index contributed by atoms with van der Waals surface area (Å²) in [6, 6.07) is 9.20. The lowest BCUT2D eigenvalue weighted by molar-refractivity contribution is 0.474. The van der Waals surface area contributed by atoms with Crippen LogP contribution in [0.15, 0.2) is 52.9 Å². The molecule has 8 nitrogen and oxygen atoms in total. The van der Waals surface area contributed by atoms with E-state index in [1.165, 1.54) is 35.6 Å². The molecule has 10 heteroatoms. The SMILES string of the molecule is Oc1ccc(Cl)cc1/C=N\n1cnnc1N/N=C/c1cc(Cl)ccc1O. The summed E-state index contributed by atoms with van der Waals surface area (Å²) in [5, 5.41) is 36.1. The Morgan fingerprint density at radius 1 is 0.962 bits per heavy atom. The average Bonchev–Trinajstić information content (AvgIpc) is 3.06. The van der Waals surface area contributed by atoms with Gasteiger partial charge in [-0.3, -0.25) is 0 Å². The molecule has 0 saturated heterocycles. The highest BCUT2D eigenvalue weighted by Crippen LogP contribution is 2.20. The molecule has 0 radical (unpaired) electrons. The van der Waals surface area contributed by atoms with Crippen LogP contribution in [0.25, 0.3) is 0 Å². The number of phenolic OH excluding ortho intramolecular Hbond substituents is 2. The van der Waals surface area contributed by atoms with E-state index >= 15 is 0 Å². The molecule has 0 unspecified atom stereocenters. The van der Waals surface area contributed by atoms with Crippen molar-refractivity contribution in [1.82, 2.24) is 14.9 Å². The fourth-order valence-corrected chi connectivity index (χ4v) is 2.29. The second-order valence-corrected chi connectivity index (χ2v) is 5.89. The van der Waals surface area contributed by atoms with Gasteiger partial charge in [0.05, 0.1) is 12.4 Å². The number of hydrazone groups is 1.